The SMILES string of the molecule is COc1ccc(NC(=O)CNC(C)c2ccncc2)cc1. The van der Waals surface area contributed by atoms with Gasteiger partial charge in [0.1, 0.15) is 5.75 Å². The van der Waals surface area contributed by atoms with Gasteiger partial charge in [0.15, 0.2) is 0 Å². The molecule has 2 aromatic rings. The number of benzene rings is 1. The molecular formula is C16H19N3O2. The highest BCUT2D eigenvalue weighted by Crippen LogP contribution is 2.15. The Labute approximate surface area is 124 Å². The molecule has 1 atom stereocenters. The lowest BCUT2D eigenvalue weighted by Crippen LogP contribution is -2.30. The Balaban J connectivity index is 1.81. The van der Waals surface area contributed by atoms with Crippen molar-refractivity contribution >= 4 is 11.6 Å². The summed E-state index contributed by atoms with van der Waals surface area (Å²) in [5.74, 6) is 0.679. The van der Waals surface area contributed by atoms with E-state index in [9.17, 15) is 4.79 Å². The molecule has 110 valence electrons. The number of methoxy groups -OCH3 is 1. The maximum atomic E-state index is 11.9. The van der Waals surface area contributed by atoms with Crippen molar-refractivity contribution in [3.63, 3.8) is 0 Å². The zero-order valence-electron chi connectivity index (χ0n) is 12.2. The van der Waals surface area contributed by atoms with Gasteiger partial charge in [-0.3, -0.25) is 9.78 Å². The zero-order valence-corrected chi connectivity index (χ0v) is 12.2. The van der Waals surface area contributed by atoms with Crippen LogP contribution in [0.2, 0.25) is 0 Å². The van der Waals surface area contributed by atoms with Gasteiger partial charge in [0.25, 0.3) is 0 Å². The summed E-state index contributed by atoms with van der Waals surface area (Å²) in [7, 11) is 1.61. The molecule has 0 saturated heterocycles. The predicted molar refractivity (Wildman–Crippen MR) is 82.3 cm³/mol. The van der Waals surface area contributed by atoms with Crippen molar-refractivity contribution in [1.82, 2.24) is 10.3 Å². The fraction of sp³-hybridized carbons (Fsp3) is 0.250. The monoisotopic (exact) mass is 285 g/mol. The highest BCUT2D eigenvalue weighted by Gasteiger charge is 2.07. The standard InChI is InChI=1S/C16H19N3O2/c1-12(13-7-9-17-10-8-13)18-11-16(20)19-14-3-5-15(21-2)6-4-14/h3-10,12,18H,11H2,1-2H3,(H,19,20). The van der Waals surface area contributed by atoms with E-state index in [4.69, 9.17) is 4.74 Å². The first-order valence-electron chi connectivity index (χ1n) is 6.76. The highest BCUT2D eigenvalue weighted by molar-refractivity contribution is 5.92. The normalized spacial score (nSPS) is 11.7. The highest BCUT2D eigenvalue weighted by atomic mass is 16.5. The van der Waals surface area contributed by atoms with Gasteiger partial charge in [0.05, 0.1) is 13.7 Å². The Hall–Kier alpha value is -2.40. The van der Waals surface area contributed by atoms with Crippen LogP contribution in [0.15, 0.2) is 48.8 Å². The summed E-state index contributed by atoms with van der Waals surface area (Å²) in [6.07, 6.45) is 3.48. The van der Waals surface area contributed by atoms with Gasteiger partial charge < -0.3 is 15.4 Å². The molecule has 0 saturated carbocycles. The summed E-state index contributed by atoms with van der Waals surface area (Å²) < 4.78 is 5.07. The third kappa shape index (κ3) is 4.57. The zero-order chi connectivity index (χ0) is 15.1. The van der Waals surface area contributed by atoms with Gasteiger partial charge in [0, 0.05) is 24.1 Å². The number of amides is 1. The molecule has 1 amide bonds. The number of carbonyl (C=O) groups excluding carboxylic acids is 1. The van der Waals surface area contributed by atoms with Gasteiger partial charge in [-0.05, 0) is 48.9 Å². The fourth-order valence-corrected chi connectivity index (χ4v) is 1.90. The molecule has 1 aromatic carbocycles. The average molecular weight is 285 g/mol. The van der Waals surface area contributed by atoms with Crippen molar-refractivity contribution < 1.29 is 9.53 Å². The Morgan fingerprint density at radius 1 is 1.19 bits per heavy atom. The van der Waals surface area contributed by atoms with Gasteiger partial charge in [-0.15, -0.1) is 0 Å². The van der Waals surface area contributed by atoms with E-state index in [1.54, 1.807) is 19.5 Å². The fourth-order valence-electron chi connectivity index (χ4n) is 1.90. The van der Waals surface area contributed by atoms with E-state index < -0.39 is 0 Å². The van der Waals surface area contributed by atoms with E-state index >= 15 is 0 Å². The Kier molecular flexibility index (Phi) is 5.29. The number of aromatic nitrogens is 1. The molecule has 21 heavy (non-hydrogen) atoms. The summed E-state index contributed by atoms with van der Waals surface area (Å²) >= 11 is 0. The lowest BCUT2D eigenvalue weighted by atomic mass is 10.1. The number of rotatable bonds is 6. The first-order valence-corrected chi connectivity index (χ1v) is 6.76. The number of nitrogens with zero attached hydrogens (tertiary/aromatic N) is 1. The first-order chi connectivity index (χ1) is 10.2. The number of anilines is 1. The first kappa shape index (κ1) is 15.0. The predicted octanol–water partition coefficient (Wildman–Crippen LogP) is 2.38. The van der Waals surface area contributed by atoms with Crippen molar-refractivity contribution in [2.45, 2.75) is 13.0 Å². The summed E-state index contributed by atoms with van der Waals surface area (Å²) in [6, 6.07) is 11.2. The molecule has 0 bridgehead atoms. The van der Waals surface area contributed by atoms with E-state index in [1.165, 1.54) is 0 Å². The van der Waals surface area contributed by atoms with Crippen LogP contribution < -0.4 is 15.4 Å². The summed E-state index contributed by atoms with van der Waals surface area (Å²) in [5.41, 5.74) is 1.85. The second kappa shape index (κ2) is 7.40. The van der Waals surface area contributed by atoms with Crippen molar-refractivity contribution in [3.8, 4) is 5.75 Å². The minimum absolute atomic E-state index is 0.0823. The summed E-state index contributed by atoms with van der Waals surface area (Å²) in [4.78, 5) is 15.9. The van der Waals surface area contributed by atoms with Crippen molar-refractivity contribution in [3.05, 3.63) is 54.4 Å². The molecule has 1 aromatic heterocycles. The Morgan fingerprint density at radius 3 is 2.48 bits per heavy atom. The Morgan fingerprint density at radius 2 is 1.86 bits per heavy atom. The minimum Gasteiger partial charge on any atom is -0.497 e. The molecule has 0 aliphatic heterocycles. The minimum atomic E-state index is -0.0823. The smallest absolute Gasteiger partial charge is 0.238 e. The van der Waals surface area contributed by atoms with E-state index in [2.05, 4.69) is 15.6 Å². The second-order valence-corrected chi connectivity index (χ2v) is 4.66. The molecule has 1 heterocycles. The maximum absolute atomic E-state index is 11.9. The van der Waals surface area contributed by atoms with Crippen LogP contribution in [0.4, 0.5) is 5.69 Å². The molecule has 0 radical (unpaired) electrons. The molecule has 2 N–H and O–H groups in total. The van der Waals surface area contributed by atoms with Gasteiger partial charge in [0.2, 0.25) is 5.91 Å². The van der Waals surface area contributed by atoms with Crippen LogP contribution >= 0.6 is 0 Å². The maximum Gasteiger partial charge on any atom is 0.238 e. The molecule has 0 fully saturated rings. The molecule has 5 nitrogen and oxygen atoms in total. The molecular weight excluding hydrogens is 266 g/mol. The van der Waals surface area contributed by atoms with Gasteiger partial charge in [-0.2, -0.15) is 0 Å². The molecule has 0 aliphatic rings. The number of hydrogen-bond donors (Lipinski definition) is 2. The molecule has 0 aliphatic carbocycles. The molecule has 2 rings (SSSR count). The summed E-state index contributed by atoms with van der Waals surface area (Å²) in [5, 5.41) is 6.01. The van der Waals surface area contributed by atoms with E-state index in [0.29, 0.717) is 0 Å². The number of hydrogen-bond acceptors (Lipinski definition) is 4. The number of ether oxygens (including phenoxy) is 1. The van der Waals surface area contributed by atoms with Crippen LogP contribution in [-0.4, -0.2) is 24.5 Å². The van der Waals surface area contributed by atoms with Crippen molar-refractivity contribution in [1.29, 1.82) is 0 Å². The van der Waals surface area contributed by atoms with Crippen LogP contribution in [0.3, 0.4) is 0 Å². The van der Waals surface area contributed by atoms with Crippen LogP contribution in [-0.2, 0) is 4.79 Å². The number of nitrogens with one attached hydrogen (secondary N) is 2. The quantitative estimate of drug-likeness (QED) is 0.855. The largest absolute Gasteiger partial charge is 0.497 e. The van der Waals surface area contributed by atoms with Crippen molar-refractivity contribution in [2.24, 2.45) is 0 Å². The van der Waals surface area contributed by atoms with Crippen LogP contribution in [0, 0.1) is 0 Å². The average Bonchev–Trinajstić information content (AvgIpc) is 2.54. The molecule has 5 heteroatoms. The topological polar surface area (TPSA) is 63.2 Å². The van der Waals surface area contributed by atoms with Gasteiger partial charge >= 0.3 is 0 Å². The van der Waals surface area contributed by atoms with Gasteiger partial charge in [-0.25, -0.2) is 0 Å². The van der Waals surface area contributed by atoms with E-state index in [0.717, 1.165) is 17.0 Å². The lowest BCUT2D eigenvalue weighted by Gasteiger charge is -2.14. The van der Waals surface area contributed by atoms with Crippen LogP contribution in [0.5, 0.6) is 5.75 Å². The Bertz CT molecular complexity index is 570. The van der Waals surface area contributed by atoms with Crippen LogP contribution in [0.25, 0.3) is 0 Å². The third-order valence-corrected chi connectivity index (χ3v) is 3.15. The molecule has 1 unspecified atom stereocenters. The molecule has 0 spiro atoms. The van der Waals surface area contributed by atoms with Gasteiger partial charge in [-0.1, -0.05) is 0 Å². The number of carbonyl (C=O) groups is 1. The van der Waals surface area contributed by atoms with E-state index in [-0.39, 0.29) is 18.5 Å². The number of pyridine rings is 1. The van der Waals surface area contributed by atoms with E-state index in [1.807, 2.05) is 43.3 Å². The third-order valence-electron chi connectivity index (χ3n) is 3.15. The van der Waals surface area contributed by atoms with Crippen LogP contribution in [0.1, 0.15) is 18.5 Å². The second-order valence-electron chi connectivity index (χ2n) is 4.66. The summed E-state index contributed by atoms with van der Waals surface area (Å²) in [6.45, 7) is 2.26. The van der Waals surface area contributed by atoms with Crippen molar-refractivity contribution in [2.75, 3.05) is 19.0 Å². The lowest BCUT2D eigenvalue weighted by molar-refractivity contribution is -0.115.